The fraction of sp³-hybridized carbons (Fsp3) is 0.714. The lowest BCUT2D eigenvalue weighted by Gasteiger charge is -2.23. The fourth-order valence-electron chi connectivity index (χ4n) is 5.30. The number of hydrogen-bond donors (Lipinski definition) is 0. The Hall–Kier alpha value is -1.92. The van der Waals surface area contributed by atoms with Gasteiger partial charge in [-0.3, -0.25) is 0 Å². The Morgan fingerprint density at radius 1 is 0.706 bits per heavy atom. The van der Waals surface area contributed by atoms with Crippen LogP contribution in [-0.2, 0) is 25.6 Å². The first-order valence-corrected chi connectivity index (χ1v) is 13.4. The molecule has 1 atom stereocenters. The van der Waals surface area contributed by atoms with Crippen LogP contribution in [0.5, 0.6) is 0 Å². The van der Waals surface area contributed by atoms with Crippen LogP contribution in [0.25, 0.3) is 0 Å². The van der Waals surface area contributed by atoms with Gasteiger partial charge in [0.25, 0.3) is 0 Å². The highest BCUT2D eigenvalue weighted by molar-refractivity contribution is 5.95. The molecule has 34 heavy (non-hydrogen) atoms. The average molecular weight is 473 g/mol. The molecular formula is C28H40O6. The zero-order chi connectivity index (χ0) is 23.6. The summed E-state index contributed by atoms with van der Waals surface area (Å²) >= 11 is 0. The number of hydrogen-bond acceptors (Lipinski definition) is 6. The van der Waals surface area contributed by atoms with Gasteiger partial charge in [-0.2, -0.15) is 0 Å². The molecule has 1 aromatic rings. The predicted octanol–water partition coefficient (Wildman–Crippen LogP) is 6.20. The van der Waals surface area contributed by atoms with Gasteiger partial charge in [0.05, 0.1) is 30.9 Å². The quantitative estimate of drug-likeness (QED) is 0.398. The zero-order valence-electron chi connectivity index (χ0n) is 20.4. The maximum absolute atomic E-state index is 12.9. The van der Waals surface area contributed by atoms with Gasteiger partial charge in [0.15, 0.2) is 6.29 Å². The van der Waals surface area contributed by atoms with Crippen molar-refractivity contribution in [3.63, 3.8) is 0 Å². The smallest absolute Gasteiger partial charge is 0.338 e. The molecule has 3 aliphatic rings. The minimum absolute atomic E-state index is 0.239. The van der Waals surface area contributed by atoms with Crippen LogP contribution >= 0.6 is 0 Å². The van der Waals surface area contributed by atoms with Gasteiger partial charge in [-0.15, -0.1) is 0 Å². The van der Waals surface area contributed by atoms with E-state index in [-0.39, 0.29) is 24.8 Å². The van der Waals surface area contributed by atoms with E-state index in [4.69, 9.17) is 18.9 Å². The number of carbonyl (C=O) groups excluding carboxylic acids is 2. The molecule has 1 saturated heterocycles. The van der Waals surface area contributed by atoms with Gasteiger partial charge in [0.1, 0.15) is 0 Å². The minimum Gasteiger partial charge on any atom is -0.462 e. The van der Waals surface area contributed by atoms with Gasteiger partial charge in [0.2, 0.25) is 0 Å². The van der Waals surface area contributed by atoms with E-state index in [0.29, 0.717) is 42.8 Å². The van der Waals surface area contributed by atoms with Gasteiger partial charge < -0.3 is 18.9 Å². The Balaban J connectivity index is 1.40. The second-order valence-electron chi connectivity index (χ2n) is 10.2. The SMILES string of the molecule is O=C(OCC1CCCCC1)c1cc(COC2CCCCO2)cc(C(=O)OCC2CCCCC2)c1. The van der Waals surface area contributed by atoms with Crippen LogP contribution in [-0.4, -0.2) is 38.0 Å². The number of benzene rings is 1. The maximum Gasteiger partial charge on any atom is 0.338 e. The van der Waals surface area contributed by atoms with Crippen molar-refractivity contribution in [3.05, 3.63) is 34.9 Å². The molecule has 188 valence electrons. The Morgan fingerprint density at radius 2 is 1.24 bits per heavy atom. The van der Waals surface area contributed by atoms with Gasteiger partial charge in [-0.05, 0) is 80.5 Å². The molecule has 0 spiro atoms. The number of rotatable bonds is 9. The summed E-state index contributed by atoms with van der Waals surface area (Å²) in [5.41, 5.74) is 1.52. The highest BCUT2D eigenvalue weighted by atomic mass is 16.7. The van der Waals surface area contributed by atoms with Gasteiger partial charge in [-0.1, -0.05) is 38.5 Å². The molecule has 6 nitrogen and oxygen atoms in total. The van der Waals surface area contributed by atoms with Crippen LogP contribution in [0.15, 0.2) is 18.2 Å². The number of esters is 2. The summed E-state index contributed by atoms with van der Waals surface area (Å²) in [6.07, 6.45) is 14.6. The van der Waals surface area contributed by atoms with Crippen LogP contribution in [0.4, 0.5) is 0 Å². The molecule has 0 amide bonds. The van der Waals surface area contributed by atoms with E-state index in [9.17, 15) is 9.59 Å². The number of ether oxygens (including phenoxy) is 4. The lowest BCUT2D eigenvalue weighted by molar-refractivity contribution is -0.168. The third kappa shape index (κ3) is 7.81. The van der Waals surface area contributed by atoms with Gasteiger partial charge >= 0.3 is 11.9 Å². The number of carbonyl (C=O) groups is 2. The summed E-state index contributed by atoms with van der Waals surface area (Å²) in [6, 6.07) is 5.14. The first kappa shape index (κ1) is 25.2. The van der Waals surface area contributed by atoms with Crippen molar-refractivity contribution < 1.29 is 28.5 Å². The Morgan fingerprint density at radius 3 is 1.74 bits per heavy atom. The summed E-state index contributed by atoms with van der Waals surface area (Å²) in [5, 5.41) is 0. The van der Waals surface area contributed by atoms with Crippen molar-refractivity contribution in [2.45, 2.75) is 96.4 Å². The second-order valence-corrected chi connectivity index (χ2v) is 10.2. The maximum atomic E-state index is 12.9. The lowest BCUT2D eigenvalue weighted by Crippen LogP contribution is -2.22. The fourth-order valence-corrected chi connectivity index (χ4v) is 5.30. The van der Waals surface area contributed by atoms with Crippen molar-refractivity contribution in [1.82, 2.24) is 0 Å². The second kappa shape index (κ2) is 13.2. The third-order valence-electron chi connectivity index (χ3n) is 7.39. The molecule has 1 heterocycles. The van der Waals surface area contributed by atoms with E-state index in [1.807, 2.05) is 0 Å². The van der Waals surface area contributed by atoms with E-state index < -0.39 is 0 Å². The first-order valence-electron chi connectivity index (χ1n) is 13.4. The molecule has 0 aromatic heterocycles. The molecule has 1 aromatic carbocycles. The van der Waals surface area contributed by atoms with Crippen molar-refractivity contribution in [3.8, 4) is 0 Å². The lowest BCUT2D eigenvalue weighted by atomic mass is 9.90. The standard InChI is InChI=1S/C28H40O6/c29-27(33-18-21-9-3-1-4-10-21)24-15-23(20-32-26-13-7-8-14-31-26)16-25(17-24)28(30)34-19-22-11-5-2-6-12-22/h15-17,21-22,26H,1-14,18-20H2. The Bertz CT molecular complexity index is 736. The van der Waals surface area contributed by atoms with Crippen LogP contribution < -0.4 is 0 Å². The zero-order valence-corrected chi connectivity index (χ0v) is 20.4. The Labute approximate surface area is 203 Å². The molecule has 0 N–H and O–H groups in total. The monoisotopic (exact) mass is 472 g/mol. The van der Waals surface area contributed by atoms with Crippen LogP contribution in [0, 0.1) is 11.8 Å². The summed E-state index contributed by atoms with van der Waals surface area (Å²) in [7, 11) is 0. The highest BCUT2D eigenvalue weighted by Gasteiger charge is 2.21. The normalized spacial score (nSPS) is 22.3. The van der Waals surface area contributed by atoms with Crippen LogP contribution in [0.3, 0.4) is 0 Å². The van der Waals surface area contributed by atoms with E-state index in [1.165, 1.54) is 38.5 Å². The van der Waals surface area contributed by atoms with Crippen molar-refractivity contribution in [1.29, 1.82) is 0 Å². The third-order valence-corrected chi connectivity index (χ3v) is 7.39. The molecule has 2 saturated carbocycles. The van der Waals surface area contributed by atoms with Gasteiger partial charge in [-0.25, -0.2) is 9.59 Å². The van der Waals surface area contributed by atoms with Crippen molar-refractivity contribution in [2.24, 2.45) is 11.8 Å². The average Bonchev–Trinajstić information content (AvgIpc) is 2.90. The van der Waals surface area contributed by atoms with Gasteiger partial charge in [0, 0.05) is 6.61 Å². The molecule has 2 aliphatic carbocycles. The van der Waals surface area contributed by atoms with E-state index in [1.54, 1.807) is 18.2 Å². The van der Waals surface area contributed by atoms with E-state index in [2.05, 4.69) is 0 Å². The molecule has 0 bridgehead atoms. The molecular weight excluding hydrogens is 432 g/mol. The summed E-state index contributed by atoms with van der Waals surface area (Å²) in [6.45, 7) is 1.86. The molecule has 0 radical (unpaired) electrons. The minimum atomic E-state index is -0.386. The molecule has 6 heteroatoms. The van der Waals surface area contributed by atoms with E-state index in [0.717, 1.165) is 50.5 Å². The summed E-state index contributed by atoms with van der Waals surface area (Å²) in [5.74, 6) is 0.102. The molecule has 1 aliphatic heterocycles. The topological polar surface area (TPSA) is 71.1 Å². The van der Waals surface area contributed by atoms with Crippen LogP contribution in [0.1, 0.15) is 110 Å². The molecule has 4 rings (SSSR count). The largest absolute Gasteiger partial charge is 0.462 e. The predicted molar refractivity (Wildman–Crippen MR) is 129 cm³/mol. The summed E-state index contributed by atoms with van der Waals surface area (Å²) in [4.78, 5) is 25.8. The molecule has 3 fully saturated rings. The van der Waals surface area contributed by atoms with E-state index >= 15 is 0 Å². The van der Waals surface area contributed by atoms with Crippen LogP contribution in [0.2, 0.25) is 0 Å². The Kier molecular flexibility index (Phi) is 9.81. The highest BCUT2D eigenvalue weighted by Crippen LogP contribution is 2.26. The van der Waals surface area contributed by atoms with Crippen molar-refractivity contribution in [2.75, 3.05) is 19.8 Å². The van der Waals surface area contributed by atoms with Crippen molar-refractivity contribution >= 4 is 11.9 Å². The first-order chi connectivity index (χ1) is 16.7. The summed E-state index contributed by atoms with van der Waals surface area (Å²) < 4.78 is 22.9. The molecule has 1 unspecified atom stereocenters.